The van der Waals surface area contributed by atoms with Crippen molar-refractivity contribution in [2.24, 2.45) is 5.73 Å². The number of hydrogen-bond acceptors (Lipinski definition) is 3. The van der Waals surface area contributed by atoms with Crippen molar-refractivity contribution < 1.29 is 0 Å². The van der Waals surface area contributed by atoms with Gasteiger partial charge in [-0.15, -0.1) is 0 Å². The number of nitrogens with zero attached hydrogens (tertiary/aromatic N) is 1. The van der Waals surface area contributed by atoms with E-state index in [0.29, 0.717) is 17.3 Å². The summed E-state index contributed by atoms with van der Waals surface area (Å²) in [4.78, 5) is 4.11. The predicted molar refractivity (Wildman–Crippen MR) is 51.0 cm³/mol. The van der Waals surface area contributed by atoms with E-state index in [1.807, 2.05) is 0 Å². The van der Waals surface area contributed by atoms with Gasteiger partial charge in [-0.25, -0.2) is 0 Å². The van der Waals surface area contributed by atoms with Gasteiger partial charge in [0.2, 0.25) is 0 Å². The average molecular weight is 186 g/mol. The van der Waals surface area contributed by atoms with Crippen LogP contribution >= 0.6 is 11.6 Å². The van der Waals surface area contributed by atoms with E-state index in [0.717, 1.165) is 18.5 Å². The van der Waals surface area contributed by atoms with Crippen LogP contribution in [0.4, 0.5) is 5.69 Å². The van der Waals surface area contributed by atoms with Crippen LogP contribution in [-0.2, 0) is 6.42 Å². The number of pyridine rings is 1. The monoisotopic (exact) mass is 185 g/mol. The first-order chi connectivity index (χ1) is 5.74. The van der Waals surface area contributed by atoms with Gasteiger partial charge >= 0.3 is 0 Å². The normalized spacial score (nSPS) is 10.2. The standard InChI is InChI=1S/C8H12ClN3/c9-7-5-12-6(2-1-3-10)4-8(7)11/h4-5H,1-3,10H2,(H2,11,12). The zero-order chi connectivity index (χ0) is 8.97. The second-order valence-electron chi connectivity index (χ2n) is 2.59. The van der Waals surface area contributed by atoms with Crippen LogP contribution in [0.2, 0.25) is 5.02 Å². The Hall–Kier alpha value is -0.800. The summed E-state index contributed by atoms with van der Waals surface area (Å²) >= 11 is 5.70. The van der Waals surface area contributed by atoms with Crippen LogP contribution in [0.25, 0.3) is 0 Å². The highest BCUT2D eigenvalue weighted by Crippen LogP contribution is 2.17. The molecule has 3 nitrogen and oxygen atoms in total. The minimum Gasteiger partial charge on any atom is -0.397 e. The fourth-order valence-electron chi connectivity index (χ4n) is 0.920. The van der Waals surface area contributed by atoms with E-state index in [1.54, 1.807) is 12.3 Å². The van der Waals surface area contributed by atoms with Crippen molar-refractivity contribution in [2.75, 3.05) is 12.3 Å². The molecule has 0 aliphatic rings. The predicted octanol–water partition coefficient (Wildman–Crippen LogP) is 1.21. The number of aromatic nitrogens is 1. The molecule has 0 bridgehead atoms. The molecule has 0 aromatic carbocycles. The molecule has 0 aliphatic heterocycles. The van der Waals surface area contributed by atoms with E-state index in [9.17, 15) is 0 Å². The molecule has 0 radical (unpaired) electrons. The number of anilines is 1. The number of aryl methyl sites for hydroxylation is 1. The second-order valence-corrected chi connectivity index (χ2v) is 3.00. The summed E-state index contributed by atoms with van der Waals surface area (Å²) < 4.78 is 0. The number of nitrogens with two attached hydrogens (primary N) is 2. The fraction of sp³-hybridized carbons (Fsp3) is 0.375. The Labute approximate surface area is 76.7 Å². The lowest BCUT2D eigenvalue weighted by molar-refractivity contribution is 0.811. The molecule has 0 saturated heterocycles. The van der Waals surface area contributed by atoms with Crippen molar-refractivity contribution in [1.29, 1.82) is 0 Å². The van der Waals surface area contributed by atoms with E-state index in [-0.39, 0.29) is 0 Å². The first kappa shape index (κ1) is 9.29. The smallest absolute Gasteiger partial charge is 0.0818 e. The molecule has 0 amide bonds. The van der Waals surface area contributed by atoms with Crippen molar-refractivity contribution in [3.8, 4) is 0 Å². The van der Waals surface area contributed by atoms with Crippen LogP contribution in [0, 0.1) is 0 Å². The zero-order valence-corrected chi connectivity index (χ0v) is 7.51. The molecule has 1 aromatic rings. The lowest BCUT2D eigenvalue weighted by atomic mass is 10.2. The van der Waals surface area contributed by atoms with Crippen molar-refractivity contribution in [2.45, 2.75) is 12.8 Å². The van der Waals surface area contributed by atoms with Gasteiger partial charge in [0.05, 0.1) is 10.7 Å². The SMILES string of the molecule is NCCCc1cc(N)c(Cl)cn1. The molecule has 12 heavy (non-hydrogen) atoms. The third kappa shape index (κ3) is 2.36. The summed E-state index contributed by atoms with van der Waals surface area (Å²) in [5.41, 5.74) is 12.5. The van der Waals surface area contributed by atoms with Crippen LogP contribution < -0.4 is 11.5 Å². The summed E-state index contributed by atoms with van der Waals surface area (Å²) in [6, 6.07) is 1.79. The molecule has 1 aromatic heterocycles. The van der Waals surface area contributed by atoms with E-state index in [2.05, 4.69) is 4.98 Å². The van der Waals surface area contributed by atoms with Crippen LogP contribution in [0.15, 0.2) is 12.3 Å². The Morgan fingerprint density at radius 2 is 2.25 bits per heavy atom. The lowest BCUT2D eigenvalue weighted by Crippen LogP contribution is -2.02. The second kappa shape index (κ2) is 4.28. The molecule has 0 spiro atoms. The highest BCUT2D eigenvalue weighted by Gasteiger charge is 1.98. The van der Waals surface area contributed by atoms with Gasteiger partial charge in [-0.05, 0) is 25.5 Å². The number of nitrogen functional groups attached to an aromatic ring is 1. The van der Waals surface area contributed by atoms with Gasteiger partial charge < -0.3 is 11.5 Å². The lowest BCUT2D eigenvalue weighted by Gasteiger charge is -2.01. The van der Waals surface area contributed by atoms with Crippen LogP contribution in [0.5, 0.6) is 0 Å². The maximum Gasteiger partial charge on any atom is 0.0818 e. The molecule has 0 aliphatic carbocycles. The van der Waals surface area contributed by atoms with E-state index in [1.165, 1.54) is 0 Å². The van der Waals surface area contributed by atoms with Crippen LogP contribution in [0.3, 0.4) is 0 Å². The molecule has 0 saturated carbocycles. The van der Waals surface area contributed by atoms with Crippen molar-refractivity contribution >= 4 is 17.3 Å². The first-order valence-corrected chi connectivity index (χ1v) is 4.22. The summed E-state index contributed by atoms with van der Waals surface area (Å²) in [5, 5.41) is 0.506. The summed E-state index contributed by atoms with van der Waals surface area (Å²) in [7, 11) is 0. The number of rotatable bonds is 3. The molecule has 0 fully saturated rings. The minimum absolute atomic E-state index is 0.506. The molecule has 1 rings (SSSR count). The topological polar surface area (TPSA) is 64.9 Å². The Balaban J connectivity index is 2.69. The van der Waals surface area contributed by atoms with E-state index >= 15 is 0 Å². The maximum atomic E-state index is 5.70. The molecule has 4 heteroatoms. The Kier molecular flexibility index (Phi) is 3.31. The van der Waals surface area contributed by atoms with Crippen molar-refractivity contribution in [1.82, 2.24) is 4.98 Å². The maximum absolute atomic E-state index is 5.70. The molecule has 0 atom stereocenters. The molecular formula is C8H12ClN3. The van der Waals surface area contributed by atoms with Gasteiger partial charge in [-0.1, -0.05) is 11.6 Å². The minimum atomic E-state index is 0.506. The van der Waals surface area contributed by atoms with Gasteiger partial charge in [0.15, 0.2) is 0 Å². The Morgan fingerprint density at radius 3 is 2.83 bits per heavy atom. The quantitative estimate of drug-likeness (QED) is 0.744. The van der Waals surface area contributed by atoms with E-state index < -0.39 is 0 Å². The van der Waals surface area contributed by atoms with Gasteiger partial charge in [0.25, 0.3) is 0 Å². The summed E-state index contributed by atoms with van der Waals surface area (Å²) in [6.07, 6.45) is 3.36. The third-order valence-corrected chi connectivity index (χ3v) is 1.89. The van der Waals surface area contributed by atoms with Crippen molar-refractivity contribution in [3.63, 3.8) is 0 Å². The van der Waals surface area contributed by atoms with Crippen LogP contribution in [0.1, 0.15) is 12.1 Å². The highest BCUT2D eigenvalue weighted by atomic mass is 35.5. The van der Waals surface area contributed by atoms with E-state index in [4.69, 9.17) is 23.1 Å². The Morgan fingerprint density at radius 1 is 1.50 bits per heavy atom. The summed E-state index contributed by atoms with van der Waals surface area (Å²) in [6.45, 7) is 0.671. The van der Waals surface area contributed by atoms with Crippen LogP contribution in [-0.4, -0.2) is 11.5 Å². The summed E-state index contributed by atoms with van der Waals surface area (Å²) in [5.74, 6) is 0. The number of halogens is 1. The first-order valence-electron chi connectivity index (χ1n) is 3.84. The molecule has 4 N–H and O–H groups in total. The molecule has 66 valence electrons. The van der Waals surface area contributed by atoms with Gasteiger partial charge in [-0.3, -0.25) is 4.98 Å². The molecular weight excluding hydrogens is 174 g/mol. The fourth-order valence-corrected chi connectivity index (χ4v) is 1.02. The molecule has 1 heterocycles. The molecule has 0 unspecified atom stereocenters. The largest absolute Gasteiger partial charge is 0.397 e. The Bertz CT molecular complexity index is 262. The van der Waals surface area contributed by atoms with Gasteiger partial charge in [0, 0.05) is 11.9 Å². The number of hydrogen-bond donors (Lipinski definition) is 2. The third-order valence-electron chi connectivity index (χ3n) is 1.58. The zero-order valence-electron chi connectivity index (χ0n) is 6.76. The highest BCUT2D eigenvalue weighted by molar-refractivity contribution is 6.32. The van der Waals surface area contributed by atoms with Gasteiger partial charge in [-0.2, -0.15) is 0 Å². The van der Waals surface area contributed by atoms with Crippen molar-refractivity contribution in [3.05, 3.63) is 23.0 Å². The van der Waals surface area contributed by atoms with Gasteiger partial charge in [0.1, 0.15) is 0 Å². The average Bonchev–Trinajstić information content (AvgIpc) is 2.07.